The number of pyridine rings is 1. The topological polar surface area (TPSA) is 50.0 Å². The Hall–Kier alpha value is -1.88. The summed E-state index contributed by atoms with van der Waals surface area (Å²) in [6.07, 6.45) is 3.91. The molecule has 0 bridgehead atoms. The summed E-state index contributed by atoms with van der Waals surface area (Å²) in [4.78, 5) is 20.9. The first kappa shape index (κ1) is 11.6. The largest absolute Gasteiger partial charge is 0.369 e. The number of hydrogen-bond acceptors (Lipinski definition) is 3. The van der Waals surface area contributed by atoms with Crippen molar-refractivity contribution >= 4 is 35.6 Å². The van der Waals surface area contributed by atoms with Crippen molar-refractivity contribution in [1.82, 2.24) is 14.3 Å². The van der Waals surface area contributed by atoms with Crippen LogP contribution in [0.15, 0.2) is 23.5 Å². The number of rotatable bonds is 3. The summed E-state index contributed by atoms with van der Waals surface area (Å²) in [6.45, 7) is 0. The van der Waals surface area contributed by atoms with Crippen molar-refractivity contribution in [2.45, 2.75) is 0 Å². The maximum atomic E-state index is 10.8. The van der Waals surface area contributed by atoms with E-state index in [4.69, 9.17) is 11.6 Å². The lowest BCUT2D eigenvalue weighted by atomic mass is 10.3. The number of aliphatic imine (C=N–C) groups is 1. The molecule has 2 heterocycles. The summed E-state index contributed by atoms with van der Waals surface area (Å²) in [7, 11) is 3.74. The lowest BCUT2D eigenvalue weighted by Crippen LogP contribution is -2.07. The number of aldehydes is 1. The quantitative estimate of drug-likeness (QED) is 0.476. The molecule has 0 amide bonds. The van der Waals surface area contributed by atoms with Crippen molar-refractivity contribution in [3.63, 3.8) is 0 Å². The van der Waals surface area contributed by atoms with Crippen molar-refractivity contribution in [3.05, 3.63) is 29.2 Å². The van der Waals surface area contributed by atoms with E-state index in [1.807, 2.05) is 19.0 Å². The Morgan fingerprint density at radius 1 is 1.47 bits per heavy atom. The van der Waals surface area contributed by atoms with Gasteiger partial charge in [-0.2, -0.15) is 0 Å². The molecular formula is C11H11ClN4O. The number of carbonyl (C=O) groups is 1. The molecule has 0 N–H and O–H groups in total. The van der Waals surface area contributed by atoms with E-state index in [9.17, 15) is 4.79 Å². The van der Waals surface area contributed by atoms with Gasteiger partial charge < -0.3 is 4.90 Å². The number of aromatic nitrogens is 2. The molecule has 0 saturated carbocycles. The predicted molar refractivity (Wildman–Crippen MR) is 67.4 cm³/mol. The minimum Gasteiger partial charge on any atom is -0.369 e. The zero-order valence-corrected chi connectivity index (χ0v) is 10.2. The lowest BCUT2D eigenvalue weighted by molar-refractivity contribution is 0.112. The summed E-state index contributed by atoms with van der Waals surface area (Å²) in [6, 6.07) is 3.40. The molecule has 0 aliphatic carbocycles. The van der Waals surface area contributed by atoms with Gasteiger partial charge in [0.15, 0.2) is 6.29 Å². The molecule has 2 aromatic rings. The van der Waals surface area contributed by atoms with Crippen LogP contribution in [0.4, 0.5) is 5.82 Å². The summed E-state index contributed by atoms with van der Waals surface area (Å²) < 4.78 is 1.72. The SMILES string of the molecule is CN(C)C=Nc1cc(Cl)cc2c(C=O)ncn12. The molecule has 6 heteroatoms. The van der Waals surface area contributed by atoms with Crippen LogP contribution in [0.5, 0.6) is 0 Å². The lowest BCUT2D eigenvalue weighted by Gasteiger charge is -2.05. The summed E-state index contributed by atoms with van der Waals surface area (Å²) in [5, 5.41) is 0.520. The third-order valence-corrected chi connectivity index (χ3v) is 2.37. The van der Waals surface area contributed by atoms with Crippen LogP contribution in [0, 0.1) is 0 Å². The van der Waals surface area contributed by atoms with Gasteiger partial charge in [-0.05, 0) is 6.07 Å². The van der Waals surface area contributed by atoms with Gasteiger partial charge in [0.1, 0.15) is 17.8 Å². The van der Waals surface area contributed by atoms with E-state index in [-0.39, 0.29) is 0 Å². The van der Waals surface area contributed by atoms with Gasteiger partial charge in [-0.1, -0.05) is 11.6 Å². The van der Waals surface area contributed by atoms with Crippen LogP contribution in [0.2, 0.25) is 5.02 Å². The first-order chi connectivity index (χ1) is 8.11. The van der Waals surface area contributed by atoms with Gasteiger partial charge >= 0.3 is 0 Å². The summed E-state index contributed by atoms with van der Waals surface area (Å²) >= 11 is 5.98. The number of imidazole rings is 1. The molecule has 0 atom stereocenters. The standard InChI is InChI=1S/C11H11ClN4O/c1-15(2)6-14-11-4-8(12)3-10-9(5-17)13-7-16(10)11/h3-7H,1-2H3. The monoisotopic (exact) mass is 250 g/mol. The predicted octanol–water partition coefficient (Wildman–Crippen LogP) is 2.02. The highest BCUT2D eigenvalue weighted by molar-refractivity contribution is 6.31. The molecule has 0 fully saturated rings. The van der Waals surface area contributed by atoms with E-state index in [1.165, 1.54) is 0 Å². The highest BCUT2D eigenvalue weighted by Crippen LogP contribution is 2.23. The van der Waals surface area contributed by atoms with Crippen LogP contribution < -0.4 is 0 Å². The van der Waals surface area contributed by atoms with Crippen molar-refractivity contribution in [3.8, 4) is 0 Å². The zero-order chi connectivity index (χ0) is 12.4. The molecule has 0 aromatic carbocycles. The van der Waals surface area contributed by atoms with Crippen molar-refractivity contribution in [2.75, 3.05) is 14.1 Å². The fourth-order valence-electron chi connectivity index (χ4n) is 1.43. The van der Waals surface area contributed by atoms with Crippen molar-refractivity contribution < 1.29 is 4.79 Å². The van der Waals surface area contributed by atoms with Crippen LogP contribution in [0.3, 0.4) is 0 Å². The van der Waals surface area contributed by atoms with E-state index < -0.39 is 0 Å². The first-order valence-electron chi connectivity index (χ1n) is 4.94. The van der Waals surface area contributed by atoms with Crippen molar-refractivity contribution in [2.24, 2.45) is 4.99 Å². The second-order valence-corrected chi connectivity index (χ2v) is 4.18. The van der Waals surface area contributed by atoms with Gasteiger partial charge in [-0.3, -0.25) is 9.20 Å². The maximum absolute atomic E-state index is 10.8. The summed E-state index contributed by atoms with van der Waals surface area (Å²) in [5.41, 5.74) is 1.01. The van der Waals surface area contributed by atoms with Gasteiger partial charge in [-0.15, -0.1) is 0 Å². The Kier molecular flexibility index (Phi) is 3.10. The van der Waals surface area contributed by atoms with E-state index in [1.54, 1.807) is 29.2 Å². The third-order valence-electron chi connectivity index (χ3n) is 2.16. The van der Waals surface area contributed by atoms with Gasteiger partial charge in [0.25, 0.3) is 0 Å². The molecule has 0 aliphatic rings. The zero-order valence-electron chi connectivity index (χ0n) is 9.46. The second kappa shape index (κ2) is 4.55. The van der Waals surface area contributed by atoms with Crippen LogP contribution in [0.25, 0.3) is 5.52 Å². The third kappa shape index (κ3) is 2.29. The van der Waals surface area contributed by atoms with E-state index in [2.05, 4.69) is 9.98 Å². The minimum atomic E-state index is 0.355. The molecule has 88 valence electrons. The van der Waals surface area contributed by atoms with Gasteiger partial charge in [0.05, 0.1) is 11.9 Å². The fraction of sp³-hybridized carbons (Fsp3) is 0.182. The number of fused-ring (bicyclic) bond motifs is 1. The number of carbonyl (C=O) groups excluding carboxylic acids is 1. The molecule has 0 radical (unpaired) electrons. The molecule has 0 spiro atoms. The van der Waals surface area contributed by atoms with Gasteiger partial charge in [0.2, 0.25) is 0 Å². The van der Waals surface area contributed by atoms with Gasteiger partial charge in [0, 0.05) is 25.2 Å². The Morgan fingerprint density at radius 3 is 2.88 bits per heavy atom. The molecule has 2 rings (SSSR count). The molecule has 0 aliphatic heterocycles. The fourth-order valence-corrected chi connectivity index (χ4v) is 1.63. The molecule has 0 unspecified atom stereocenters. The number of halogens is 1. The van der Waals surface area contributed by atoms with Crippen molar-refractivity contribution in [1.29, 1.82) is 0 Å². The highest BCUT2D eigenvalue weighted by Gasteiger charge is 2.07. The van der Waals surface area contributed by atoms with Crippen LogP contribution >= 0.6 is 11.6 Å². The van der Waals surface area contributed by atoms with E-state index in [0.29, 0.717) is 28.3 Å². The first-order valence-corrected chi connectivity index (χ1v) is 5.32. The smallest absolute Gasteiger partial charge is 0.170 e. The Balaban J connectivity index is 2.62. The van der Waals surface area contributed by atoms with E-state index in [0.717, 1.165) is 0 Å². The minimum absolute atomic E-state index is 0.355. The molecule has 17 heavy (non-hydrogen) atoms. The average molecular weight is 251 g/mol. The molecule has 2 aromatic heterocycles. The molecule has 0 saturated heterocycles. The highest BCUT2D eigenvalue weighted by atomic mass is 35.5. The van der Waals surface area contributed by atoms with Crippen LogP contribution in [0.1, 0.15) is 10.5 Å². The molecular weight excluding hydrogens is 240 g/mol. The van der Waals surface area contributed by atoms with Gasteiger partial charge in [-0.25, -0.2) is 9.98 Å². The van der Waals surface area contributed by atoms with Crippen LogP contribution in [-0.2, 0) is 0 Å². The summed E-state index contributed by atoms with van der Waals surface area (Å²) in [5.74, 6) is 0.627. The Bertz CT molecular complexity index is 588. The second-order valence-electron chi connectivity index (χ2n) is 3.74. The molecule has 5 nitrogen and oxygen atoms in total. The maximum Gasteiger partial charge on any atom is 0.170 e. The number of hydrogen-bond donors (Lipinski definition) is 0. The average Bonchev–Trinajstić information content (AvgIpc) is 2.68. The normalized spacial score (nSPS) is 11.2. The number of nitrogens with zero attached hydrogens (tertiary/aromatic N) is 4. The Morgan fingerprint density at radius 2 is 2.24 bits per heavy atom. The van der Waals surface area contributed by atoms with E-state index >= 15 is 0 Å². The Labute approximate surface area is 103 Å². The van der Waals surface area contributed by atoms with Crippen LogP contribution in [-0.4, -0.2) is 41.0 Å².